The molecule has 4 heterocycles. The number of carbonyl (C=O) groups excluding carboxylic acids is 2. The van der Waals surface area contributed by atoms with Crippen LogP contribution in [-0.4, -0.2) is 82.8 Å². The quantitative estimate of drug-likeness (QED) is 0.404. The van der Waals surface area contributed by atoms with Crippen LogP contribution >= 0.6 is 11.3 Å². The lowest BCUT2D eigenvalue weighted by Crippen LogP contribution is -2.46. The van der Waals surface area contributed by atoms with Crippen LogP contribution in [0.15, 0.2) is 65.2 Å². The van der Waals surface area contributed by atoms with Crippen molar-refractivity contribution >= 4 is 28.9 Å². The maximum atomic E-state index is 13.8. The molecule has 5 rings (SSSR count). The van der Waals surface area contributed by atoms with Gasteiger partial charge in [-0.2, -0.15) is 18.3 Å². The minimum atomic E-state index is -4.51. The normalized spacial score (nSPS) is 18.1. The number of aromatic nitrogens is 1. The van der Waals surface area contributed by atoms with E-state index in [-0.39, 0.29) is 30.6 Å². The highest BCUT2D eigenvalue weighted by Gasteiger charge is 2.36. The lowest BCUT2D eigenvalue weighted by Gasteiger charge is -2.31. The van der Waals surface area contributed by atoms with Crippen molar-refractivity contribution < 1.29 is 27.5 Å². The van der Waals surface area contributed by atoms with Gasteiger partial charge in [-0.1, -0.05) is 6.07 Å². The second kappa shape index (κ2) is 11.9. The largest absolute Gasteiger partial charge is 0.416 e. The zero-order valence-electron chi connectivity index (χ0n) is 22.0. The predicted molar refractivity (Wildman–Crippen MR) is 145 cm³/mol. The van der Waals surface area contributed by atoms with Crippen molar-refractivity contribution in [3.8, 4) is 0 Å². The first-order valence-corrected chi connectivity index (χ1v) is 13.9. The zero-order chi connectivity index (χ0) is 28.3. The molecule has 2 aliphatic heterocycles. The Hall–Kier alpha value is -3.48. The molecule has 0 aliphatic carbocycles. The lowest BCUT2D eigenvalue weighted by atomic mass is 10.1. The van der Waals surface area contributed by atoms with Gasteiger partial charge in [-0.3, -0.25) is 14.5 Å². The second-order valence-corrected chi connectivity index (χ2v) is 10.7. The van der Waals surface area contributed by atoms with E-state index in [1.807, 2.05) is 47.5 Å². The first kappa shape index (κ1) is 28.1. The Balaban J connectivity index is 1.39. The third-order valence-corrected chi connectivity index (χ3v) is 8.08. The summed E-state index contributed by atoms with van der Waals surface area (Å²) in [6.07, 6.45) is -2.07. The maximum Gasteiger partial charge on any atom is 0.416 e. The number of benzene rings is 1. The van der Waals surface area contributed by atoms with E-state index in [0.29, 0.717) is 39.3 Å². The standard InChI is InChI=1S/C28H30F3N5O3S/c1-33-10-2-4-23(33)24-18-22(25-5-3-17-40-25)32-36(24)26(37)19-35(12-11-34-13-15-39-16-14-34)27(38)20-6-8-21(9-7-20)28(29,30)31/h2-10,17,24H,11-16,18-19H2,1H3/t24-/m1/s1. The van der Waals surface area contributed by atoms with Gasteiger partial charge in [0.1, 0.15) is 12.6 Å². The van der Waals surface area contributed by atoms with Crippen LogP contribution < -0.4 is 0 Å². The molecule has 1 aromatic carbocycles. The van der Waals surface area contributed by atoms with Gasteiger partial charge in [0.2, 0.25) is 0 Å². The summed E-state index contributed by atoms with van der Waals surface area (Å²) in [6.45, 7) is 3.05. The van der Waals surface area contributed by atoms with Crippen LogP contribution in [0, 0.1) is 0 Å². The van der Waals surface area contributed by atoms with Crippen molar-refractivity contribution in [3.63, 3.8) is 0 Å². The van der Waals surface area contributed by atoms with Gasteiger partial charge < -0.3 is 14.2 Å². The third kappa shape index (κ3) is 6.29. The monoisotopic (exact) mass is 573 g/mol. The molecule has 3 aromatic rings. The number of nitrogens with zero attached hydrogens (tertiary/aromatic N) is 5. The van der Waals surface area contributed by atoms with Crippen molar-refractivity contribution in [2.75, 3.05) is 45.9 Å². The van der Waals surface area contributed by atoms with Crippen LogP contribution in [0.4, 0.5) is 13.2 Å². The Labute approximate surface area is 234 Å². The number of aryl methyl sites for hydroxylation is 1. The molecule has 1 fully saturated rings. The van der Waals surface area contributed by atoms with E-state index >= 15 is 0 Å². The SMILES string of the molecule is Cn1cccc1[C@H]1CC(c2cccs2)=NN1C(=O)CN(CCN1CCOCC1)C(=O)c1ccc(C(F)(F)F)cc1. The van der Waals surface area contributed by atoms with Gasteiger partial charge in [-0.05, 0) is 47.8 Å². The minimum Gasteiger partial charge on any atom is -0.379 e. The number of hydrogen-bond acceptors (Lipinski definition) is 6. The summed E-state index contributed by atoms with van der Waals surface area (Å²) >= 11 is 1.54. The van der Waals surface area contributed by atoms with E-state index in [0.717, 1.165) is 40.5 Å². The fourth-order valence-corrected chi connectivity index (χ4v) is 5.66. The van der Waals surface area contributed by atoms with Gasteiger partial charge in [0.15, 0.2) is 0 Å². The molecule has 2 aliphatic rings. The molecule has 0 spiro atoms. The Morgan fingerprint density at radius 2 is 1.85 bits per heavy atom. The smallest absolute Gasteiger partial charge is 0.379 e. The first-order chi connectivity index (χ1) is 19.2. The average molecular weight is 574 g/mol. The number of alkyl halides is 3. The summed E-state index contributed by atoms with van der Waals surface area (Å²) in [5, 5.41) is 8.10. The molecule has 2 amide bonds. The van der Waals surface area contributed by atoms with Crippen molar-refractivity contribution in [2.45, 2.75) is 18.6 Å². The molecule has 0 radical (unpaired) electrons. The highest BCUT2D eigenvalue weighted by atomic mass is 32.1. The summed E-state index contributed by atoms with van der Waals surface area (Å²) < 4.78 is 46.6. The first-order valence-electron chi connectivity index (χ1n) is 13.0. The fourth-order valence-electron chi connectivity index (χ4n) is 4.94. The Morgan fingerprint density at radius 3 is 2.48 bits per heavy atom. The summed E-state index contributed by atoms with van der Waals surface area (Å²) in [6, 6.07) is 11.5. The van der Waals surface area contributed by atoms with E-state index in [1.165, 1.54) is 9.91 Å². The minimum absolute atomic E-state index is 0.0889. The number of thiophene rings is 1. The molecule has 2 aromatic heterocycles. The highest BCUT2D eigenvalue weighted by molar-refractivity contribution is 7.12. The molecule has 212 valence electrons. The van der Waals surface area contributed by atoms with Crippen LogP contribution in [0.3, 0.4) is 0 Å². The van der Waals surface area contributed by atoms with Crippen LogP contribution in [0.25, 0.3) is 0 Å². The van der Waals surface area contributed by atoms with E-state index in [4.69, 9.17) is 9.84 Å². The number of ether oxygens (including phenoxy) is 1. The molecular formula is C28H30F3N5O3S. The molecule has 8 nitrogen and oxygen atoms in total. The van der Waals surface area contributed by atoms with Gasteiger partial charge in [-0.25, -0.2) is 5.01 Å². The van der Waals surface area contributed by atoms with Gasteiger partial charge in [0.25, 0.3) is 11.8 Å². The van der Waals surface area contributed by atoms with Crippen LogP contribution in [0.5, 0.6) is 0 Å². The molecular weight excluding hydrogens is 543 g/mol. The average Bonchev–Trinajstić information content (AvgIpc) is 3.71. The van der Waals surface area contributed by atoms with Gasteiger partial charge in [0.05, 0.1) is 29.4 Å². The molecule has 0 saturated carbocycles. The Morgan fingerprint density at radius 1 is 1.10 bits per heavy atom. The summed E-state index contributed by atoms with van der Waals surface area (Å²) in [5.41, 5.74) is 0.963. The predicted octanol–water partition coefficient (Wildman–Crippen LogP) is 4.26. The van der Waals surface area contributed by atoms with E-state index in [1.54, 1.807) is 11.3 Å². The van der Waals surface area contributed by atoms with Crippen molar-refractivity contribution in [3.05, 3.63) is 81.8 Å². The van der Waals surface area contributed by atoms with Crippen molar-refractivity contribution in [2.24, 2.45) is 12.1 Å². The number of hydrazone groups is 1. The van der Waals surface area contributed by atoms with Crippen LogP contribution in [0.2, 0.25) is 0 Å². The summed E-state index contributed by atoms with van der Waals surface area (Å²) in [4.78, 5) is 31.8. The highest BCUT2D eigenvalue weighted by Crippen LogP contribution is 2.34. The Bertz CT molecular complexity index is 1350. The number of carbonyl (C=O) groups is 2. The molecule has 0 unspecified atom stereocenters. The maximum absolute atomic E-state index is 13.8. The topological polar surface area (TPSA) is 70.4 Å². The van der Waals surface area contributed by atoms with E-state index in [2.05, 4.69) is 4.90 Å². The van der Waals surface area contributed by atoms with E-state index in [9.17, 15) is 22.8 Å². The Kier molecular flexibility index (Phi) is 8.38. The van der Waals surface area contributed by atoms with Gasteiger partial charge in [0, 0.05) is 57.1 Å². The molecule has 40 heavy (non-hydrogen) atoms. The molecule has 12 heteroatoms. The molecule has 1 saturated heterocycles. The molecule has 0 N–H and O–H groups in total. The van der Waals surface area contributed by atoms with E-state index < -0.39 is 17.6 Å². The van der Waals surface area contributed by atoms with Crippen LogP contribution in [0.1, 0.15) is 39.0 Å². The number of amides is 2. The van der Waals surface area contributed by atoms with Crippen molar-refractivity contribution in [1.29, 1.82) is 0 Å². The molecule has 0 bridgehead atoms. The van der Waals surface area contributed by atoms with Crippen LogP contribution in [-0.2, 0) is 22.8 Å². The second-order valence-electron chi connectivity index (χ2n) is 9.78. The van der Waals surface area contributed by atoms with Gasteiger partial charge in [-0.15, -0.1) is 11.3 Å². The number of rotatable bonds is 8. The lowest BCUT2D eigenvalue weighted by molar-refractivity contribution is -0.137. The third-order valence-electron chi connectivity index (χ3n) is 7.16. The van der Waals surface area contributed by atoms with Gasteiger partial charge >= 0.3 is 6.18 Å². The fraction of sp³-hybridized carbons (Fsp3) is 0.393. The summed E-state index contributed by atoms with van der Waals surface area (Å²) in [7, 11) is 1.91. The number of hydrogen-bond donors (Lipinski definition) is 0. The van der Waals surface area contributed by atoms with Crippen molar-refractivity contribution in [1.82, 2.24) is 19.4 Å². The molecule has 1 atom stereocenters. The summed E-state index contributed by atoms with van der Waals surface area (Å²) in [5.74, 6) is -0.868. The number of halogens is 3. The zero-order valence-corrected chi connectivity index (χ0v) is 22.8. The number of morpholine rings is 1.